The predicted octanol–water partition coefficient (Wildman–Crippen LogP) is -0.501. The SMILES string of the molecule is COCCOCCOCC(=O)O.COCCOCCOCC(=O)O.[Cu]. The summed E-state index contributed by atoms with van der Waals surface area (Å²) in [5.41, 5.74) is 0. The van der Waals surface area contributed by atoms with Gasteiger partial charge in [0.1, 0.15) is 13.2 Å². The van der Waals surface area contributed by atoms with Crippen LogP contribution >= 0.6 is 0 Å². The van der Waals surface area contributed by atoms with Crippen molar-refractivity contribution in [2.75, 3.05) is 80.3 Å². The van der Waals surface area contributed by atoms with Gasteiger partial charge in [-0.25, -0.2) is 9.59 Å². The molecule has 0 amide bonds. The number of aliphatic carboxylic acids is 2. The number of ether oxygens (including phenoxy) is 6. The van der Waals surface area contributed by atoms with Crippen LogP contribution in [0.3, 0.4) is 0 Å². The van der Waals surface area contributed by atoms with Crippen molar-refractivity contribution in [3.05, 3.63) is 0 Å². The van der Waals surface area contributed by atoms with Crippen LogP contribution < -0.4 is 0 Å². The van der Waals surface area contributed by atoms with E-state index in [1.807, 2.05) is 0 Å². The molecule has 0 rings (SSSR count). The fourth-order valence-corrected chi connectivity index (χ4v) is 1.04. The third-order valence-electron chi connectivity index (χ3n) is 2.06. The molecule has 10 nitrogen and oxygen atoms in total. The monoisotopic (exact) mass is 419 g/mol. The summed E-state index contributed by atoms with van der Waals surface area (Å²) < 4.78 is 28.9. The molecule has 0 aromatic rings. The molecule has 0 aromatic heterocycles. The van der Waals surface area contributed by atoms with Gasteiger partial charge in [-0.1, -0.05) is 0 Å². The predicted molar refractivity (Wildman–Crippen MR) is 82.3 cm³/mol. The molecule has 0 aliphatic heterocycles. The fourth-order valence-electron chi connectivity index (χ4n) is 1.04. The van der Waals surface area contributed by atoms with Crippen molar-refractivity contribution in [3.8, 4) is 0 Å². The molecule has 1 radical (unpaired) electrons. The molecule has 0 heterocycles. The summed E-state index contributed by atoms with van der Waals surface area (Å²) >= 11 is 0. The smallest absolute Gasteiger partial charge is 0.329 e. The molecular weight excluding hydrogens is 392 g/mol. The first-order valence-corrected chi connectivity index (χ1v) is 7.27. The maximum absolute atomic E-state index is 9.95. The van der Waals surface area contributed by atoms with Crippen molar-refractivity contribution in [2.45, 2.75) is 0 Å². The first-order valence-electron chi connectivity index (χ1n) is 7.27. The van der Waals surface area contributed by atoms with Crippen molar-refractivity contribution in [1.29, 1.82) is 0 Å². The molecule has 0 atom stereocenters. The summed E-state index contributed by atoms with van der Waals surface area (Å²) in [6.45, 7) is 2.96. The summed E-state index contributed by atoms with van der Waals surface area (Å²) in [6.07, 6.45) is 0. The molecule has 0 aliphatic rings. The molecule has 0 saturated heterocycles. The minimum atomic E-state index is -0.966. The van der Waals surface area contributed by atoms with Crippen molar-refractivity contribution in [3.63, 3.8) is 0 Å². The van der Waals surface area contributed by atoms with Gasteiger partial charge in [-0.05, 0) is 0 Å². The average Bonchev–Trinajstić information content (AvgIpc) is 2.53. The topological polar surface area (TPSA) is 130 Å². The van der Waals surface area contributed by atoms with Crippen LogP contribution in [-0.4, -0.2) is 102 Å². The van der Waals surface area contributed by atoms with Gasteiger partial charge in [-0.15, -0.1) is 0 Å². The second-order valence-corrected chi connectivity index (χ2v) is 4.10. The zero-order chi connectivity index (χ0) is 18.5. The summed E-state index contributed by atoms with van der Waals surface area (Å²) in [7, 11) is 3.18. The molecule has 0 aromatic carbocycles. The van der Waals surface area contributed by atoms with E-state index in [9.17, 15) is 9.59 Å². The summed E-state index contributed by atoms with van der Waals surface area (Å²) in [6, 6.07) is 0. The van der Waals surface area contributed by atoms with Gasteiger partial charge in [-0.2, -0.15) is 0 Å². The largest absolute Gasteiger partial charge is 0.480 e. The van der Waals surface area contributed by atoms with Gasteiger partial charge in [0.2, 0.25) is 0 Å². The molecule has 0 aliphatic carbocycles. The van der Waals surface area contributed by atoms with E-state index in [-0.39, 0.29) is 30.3 Å². The van der Waals surface area contributed by atoms with Gasteiger partial charge in [0, 0.05) is 31.3 Å². The van der Waals surface area contributed by atoms with Crippen LogP contribution in [0.4, 0.5) is 0 Å². The normalized spacial score (nSPS) is 9.68. The van der Waals surface area contributed by atoms with E-state index in [4.69, 9.17) is 38.6 Å². The molecule has 0 spiro atoms. The van der Waals surface area contributed by atoms with Gasteiger partial charge in [0.25, 0.3) is 0 Å². The third-order valence-corrected chi connectivity index (χ3v) is 2.06. The number of hydrogen-bond acceptors (Lipinski definition) is 8. The first-order chi connectivity index (χ1) is 11.5. The van der Waals surface area contributed by atoms with Crippen LogP contribution in [0.25, 0.3) is 0 Å². The number of carbonyl (C=O) groups is 2. The van der Waals surface area contributed by atoms with E-state index in [0.29, 0.717) is 52.9 Å². The van der Waals surface area contributed by atoms with E-state index in [0.717, 1.165) is 0 Å². The molecule has 2 N–H and O–H groups in total. The van der Waals surface area contributed by atoms with Gasteiger partial charge in [0.15, 0.2) is 0 Å². The van der Waals surface area contributed by atoms with Crippen LogP contribution in [-0.2, 0) is 55.1 Å². The quantitative estimate of drug-likeness (QED) is 0.249. The number of hydrogen-bond donors (Lipinski definition) is 2. The maximum Gasteiger partial charge on any atom is 0.329 e. The molecule has 0 unspecified atom stereocenters. The Balaban J connectivity index is -0.000000372. The van der Waals surface area contributed by atoms with Crippen LogP contribution in [0.1, 0.15) is 0 Å². The standard InChI is InChI=1S/2C7H14O5.Cu/c2*1-10-2-3-11-4-5-12-6-7(8)9;/h2*2-6H2,1H3,(H,8,9);. The Kier molecular flexibility index (Phi) is 29.5. The molecular formula is C14H28CuO10. The minimum absolute atomic E-state index is 0. The molecule has 155 valence electrons. The summed E-state index contributed by atoms with van der Waals surface area (Å²) in [5, 5.41) is 16.3. The fraction of sp³-hybridized carbons (Fsp3) is 0.857. The van der Waals surface area contributed by atoms with E-state index < -0.39 is 11.9 Å². The third kappa shape index (κ3) is 35.3. The number of carboxylic acids is 2. The second kappa shape index (κ2) is 25.5. The molecule has 0 saturated carbocycles. The Morgan fingerprint density at radius 1 is 0.600 bits per heavy atom. The van der Waals surface area contributed by atoms with Gasteiger partial charge >= 0.3 is 11.9 Å². The van der Waals surface area contributed by atoms with Crippen molar-refractivity contribution in [1.82, 2.24) is 0 Å². The minimum Gasteiger partial charge on any atom is -0.480 e. The molecule has 11 heteroatoms. The van der Waals surface area contributed by atoms with Gasteiger partial charge in [-0.3, -0.25) is 0 Å². The number of carboxylic acid groups (broad SMARTS) is 2. The van der Waals surface area contributed by atoms with Crippen molar-refractivity contribution >= 4 is 11.9 Å². The second-order valence-electron chi connectivity index (χ2n) is 4.10. The first kappa shape index (κ1) is 29.0. The average molecular weight is 420 g/mol. The molecule has 0 bridgehead atoms. The van der Waals surface area contributed by atoms with Gasteiger partial charge in [0.05, 0.1) is 52.9 Å². The van der Waals surface area contributed by atoms with Crippen LogP contribution in [0.15, 0.2) is 0 Å². The van der Waals surface area contributed by atoms with Crippen LogP contribution in [0.2, 0.25) is 0 Å². The van der Waals surface area contributed by atoms with E-state index in [1.165, 1.54) is 0 Å². The van der Waals surface area contributed by atoms with Crippen molar-refractivity contribution < 1.29 is 65.3 Å². The van der Waals surface area contributed by atoms with Crippen molar-refractivity contribution in [2.24, 2.45) is 0 Å². The Morgan fingerprint density at radius 2 is 0.880 bits per heavy atom. The molecule has 25 heavy (non-hydrogen) atoms. The number of methoxy groups -OCH3 is 2. The Hall–Kier alpha value is -0.781. The zero-order valence-electron chi connectivity index (χ0n) is 14.5. The van der Waals surface area contributed by atoms with E-state index in [2.05, 4.69) is 0 Å². The maximum atomic E-state index is 9.95. The zero-order valence-corrected chi connectivity index (χ0v) is 15.5. The van der Waals surface area contributed by atoms with Crippen LogP contribution in [0.5, 0.6) is 0 Å². The summed E-state index contributed by atoms with van der Waals surface area (Å²) in [5.74, 6) is -1.93. The summed E-state index contributed by atoms with van der Waals surface area (Å²) in [4.78, 5) is 19.9. The van der Waals surface area contributed by atoms with Crippen LogP contribution in [0, 0.1) is 0 Å². The Labute approximate surface area is 158 Å². The van der Waals surface area contributed by atoms with E-state index >= 15 is 0 Å². The van der Waals surface area contributed by atoms with E-state index in [1.54, 1.807) is 14.2 Å². The Morgan fingerprint density at radius 3 is 1.16 bits per heavy atom. The number of rotatable bonds is 16. The Bertz CT molecular complexity index is 263. The molecule has 0 fully saturated rings. The van der Waals surface area contributed by atoms with Gasteiger partial charge < -0.3 is 38.6 Å².